The fourth-order valence-electron chi connectivity index (χ4n) is 1.22. The van der Waals surface area contributed by atoms with Crippen LogP contribution in [-0.4, -0.2) is 23.8 Å². The standard InChI is InChI=1S/C8H6ClN3O2S/c9-15(13,14)8-4-2-1-3-6(8)7-5-10-12-11-7/h1-5H,(H,10,11,12). The van der Waals surface area contributed by atoms with Gasteiger partial charge in [-0.05, 0) is 6.07 Å². The van der Waals surface area contributed by atoms with Crippen LogP contribution in [0.25, 0.3) is 11.3 Å². The van der Waals surface area contributed by atoms with Crippen LogP contribution in [0.15, 0.2) is 35.4 Å². The van der Waals surface area contributed by atoms with E-state index in [4.69, 9.17) is 10.7 Å². The van der Waals surface area contributed by atoms with E-state index in [-0.39, 0.29) is 4.90 Å². The molecular weight excluding hydrogens is 238 g/mol. The predicted molar refractivity (Wildman–Crippen MR) is 54.9 cm³/mol. The molecule has 1 aromatic carbocycles. The van der Waals surface area contributed by atoms with Gasteiger partial charge in [-0.3, -0.25) is 0 Å². The Morgan fingerprint density at radius 3 is 2.60 bits per heavy atom. The fourth-order valence-corrected chi connectivity index (χ4v) is 2.30. The van der Waals surface area contributed by atoms with Crippen molar-refractivity contribution in [2.75, 3.05) is 0 Å². The number of benzene rings is 1. The summed E-state index contributed by atoms with van der Waals surface area (Å²) in [4.78, 5) is 0.0283. The molecule has 0 atom stereocenters. The van der Waals surface area contributed by atoms with E-state index in [0.29, 0.717) is 11.3 Å². The van der Waals surface area contributed by atoms with Crippen molar-refractivity contribution in [3.8, 4) is 11.3 Å². The number of nitrogens with zero attached hydrogens (tertiary/aromatic N) is 2. The van der Waals surface area contributed by atoms with Gasteiger partial charge in [0.25, 0.3) is 9.05 Å². The maximum Gasteiger partial charge on any atom is 0.261 e. The van der Waals surface area contributed by atoms with Gasteiger partial charge in [-0.2, -0.15) is 15.4 Å². The molecule has 2 aromatic rings. The molecule has 5 nitrogen and oxygen atoms in total. The van der Waals surface area contributed by atoms with Crippen LogP contribution in [0.4, 0.5) is 0 Å². The van der Waals surface area contributed by atoms with Crippen molar-refractivity contribution < 1.29 is 8.42 Å². The molecular formula is C8H6ClN3O2S. The molecule has 0 saturated heterocycles. The number of aromatic amines is 1. The maximum absolute atomic E-state index is 11.3. The van der Waals surface area contributed by atoms with Crippen molar-refractivity contribution in [1.29, 1.82) is 0 Å². The molecule has 1 heterocycles. The quantitative estimate of drug-likeness (QED) is 0.809. The number of H-pyrrole nitrogens is 1. The number of aromatic nitrogens is 3. The van der Waals surface area contributed by atoms with Crippen molar-refractivity contribution >= 4 is 19.7 Å². The van der Waals surface area contributed by atoms with Gasteiger partial charge in [0, 0.05) is 16.2 Å². The van der Waals surface area contributed by atoms with Gasteiger partial charge in [0.05, 0.1) is 11.1 Å². The summed E-state index contributed by atoms with van der Waals surface area (Å²) in [7, 11) is 1.53. The Hall–Kier alpha value is -1.40. The van der Waals surface area contributed by atoms with Crippen LogP contribution in [-0.2, 0) is 9.05 Å². The summed E-state index contributed by atoms with van der Waals surface area (Å²) in [5.41, 5.74) is 0.871. The van der Waals surface area contributed by atoms with Gasteiger partial charge in [-0.1, -0.05) is 18.2 Å². The van der Waals surface area contributed by atoms with Crippen LogP contribution in [0.1, 0.15) is 0 Å². The van der Waals surface area contributed by atoms with Gasteiger partial charge in [0.1, 0.15) is 5.69 Å². The Bertz CT molecular complexity index is 565. The van der Waals surface area contributed by atoms with Gasteiger partial charge < -0.3 is 0 Å². The highest BCUT2D eigenvalue weighted by molar-refractivity contribution is 8.13. The third-order valence-corrected chi connectivity index (χ3v) is 3.22. The second-order valence-corrected chi connectivity index (χ2v) is 5.32. The van der Waals surface area contributed by atoms with Gasteiger partial charge in [0.2, 0.25) is 0 Å². The first-order valence-electron chi connectivity index (χ1n) is 3.99. The second kappa shape index (κ2) is 3.63. The number of rotatable bonds is 2. The zero-order valence-corrected chi connectivity index (χ0v) is 8.96. The van der Waals surface area contributed by atoms with Gasteiger partial charge in [0.15, 0.2) is 0 Å². The van der Waals surface area contributed by atoms with E-state index in [1.807, 2.05) is 0 Å². The molecule has 1 aromatic heterocycles. The molecule has 2 rings (SSSR count). The molecule has 0 fully saturated rings. The third-order valence-electron chi connectivity index (χ3n) is 1.84. The molecule has 0 bridgehead atoms. The molecule has 0 saturated carbocycles. The monoisotopic (exact) mass is 243 g/mol. The molecule has 0 aliphatic heterocycles. The molecule has 7 heteroatoms. The average Bonchev–Trinajstić information content (AvgIpc) is 2.69. The molecule has 0 aliphatic rings. The maximum atomic E-state index is 11.3. The second-order valence-electron chi connectivity index (χ2n) is 2.79. The lowest BCUT2D eigenvalue weighted by Crippen LogP contribution is -1.94. The number of hydrogen-bond acceptors (Lipinski definition) is 4. The van der Waals surface area contributed by atoms with Crippen molar-refractivity contribution in [2.45, 2.75) is 4.90 Å². The first-order chi connectivity index (χ1) is 7.09. The van der Waals surface area contributed by atoms with E-state index in [9.17, 15) is 8.42 Å². The lowest BCUT2D eigenvalue weighted by molar-refractivity contribution is 0.610. The summed E-state index contributed by atoms with van der Waals surface area (Å²) in [5.74, 6) is 0. The highest BCUT2D eigenvalue weighted by atomic mass is 35.7. The summed E-state index contributed by atoms with van der Waals surface area (Å²) in [6.45, 7) is 0. The Balaban J connectivity index is 2.68. The highest BCUT2D eigenvalue weighted by Gasteiger charge is 2.17. The molecule has 0 amide bonds. The SMILES string of the molecule is O=S(=O)(Cl)c1ccccc1-c1cn[nH]n1. The number of nitrogens with one attached hydrogen (secondary N) is 1. The zero-order valence-electron chi connectivity index (χ0n) is 7.38. The van der Waals surface area contributed by atoms with E-state index in [2.05, 4.69) is 15.4 Å². The Kier molecular flexibility index (Phi) is 2.45. The Morgan fingerprint density at radius 1 is 1.27 bits per heavy atom. The topological polar surface area (TPSA) is 75.7 Å². The molecule has 0 unspecified atom stereocenters. The fraction of sp³-hybridized carbons (Fsp3) is 0. The zero-order chi connectivity index (χ0) is 10.9. The van der Waals surface area contributed by atoms with Crippen LogP contribution in [0.2, 0.25) is 0 Å². The summed E-state index contributed by atoms with van der Waals surface area (Å²) >= 11 is 0. The first-order valence-corrected chi connectivity index (χ1v) is 6.30. The van der Waals surface area contributed by atoms with Crippen molar-refractivity contribution in [1.82, 2.24) is 15.4 Å². The predicted octanol–water partition coefficient (Wildman–Crippen LogP) is 1.40. The first kappa shape index (κ1) is 10.1. The number of hydrogen-bond donors (Lipinski definition) is 1. The normalized spacial score (nSPS) is 11.5. The van der Waals surface area contributed by atoms with Crippen molar-refractivity contribution in [3.63, 3.8) is 0 Å². The van der Waals surface area contributed by atoms with Gasteiger partial charge in [-0.25, -0.2) is 8.42 Å². The minimum Gasteiger partial charge on any atom is -0.207 e. The molecule has 0 aliphatic carbocycles. The van der Waals surface area contributed by atoms with Crippen LogP contribution < -0.4 is 0 Å². The molecule has 15 heavy (non-hydrogen) atoms. The van der Waals surface area contributed by atoms with Crippen molar-refractivity contribution in [3.05, 3.63) is 30.5 Å². The van der Waals surface area contributed by atoms with Crippen LogP contribution >= 0.6 is 10.7 Å². The summed E-state index contributed by atoms with van der Waals surface area (Å²) in [6.07, 6.45) is 1.43. The minimum absolute atomic E-state index is 0.0283. The van der Waals surface area contributed by atoms with Crippen molar-refractivity contribution in [2.24, 2.45) is 0 Å². The smallest absolute Gasteiger partial charge is 0.207 e. The molecule has 0 radical (unpaired) electrons. The van der Waals surface area contributed by atoms with E-state index >= 15 is 0 Å². The lowest BCUT2D eigenvalue weighted by Gasteiger charge is -2.01. The molecule has 0 spiro atoms. The number of halogens is 1. The highest BCUT2D eigenvalue weighted by Crippen LogP contribution is 2.27. The van der Waals surface area contributed by atoms with Gasteiger partial charge in [-0.15, -0.1) is 0 Å². The summed E-state index contributed by atoms with van der Waals surface area (Å²) in [6, 6.07) is 6.34. The van der Waals surface area contributed by atoms with Crippen LogP contribution in [0.5, 0.6) is 0 Å². The van der Waals surface area contributed by atoms with E-state index in [0.717, 1.165) is 0 Å². The van der Waals surface area contributed by atoms with Gasteiger partial charge >= 0.3 is 0 Å². The Morgan fingerprint density at radius 2 is 2.00 bits per heavy atom. The largest absolute Gasteiger partial charge is 0.261 e. The summed E-state index contributed by atoms with van der Waals surface area (Å²) in [5, 5.41) is 9.82. The van der Waals surface area contributed by atoms with Crippen LogP contribution in [0, 0.1) is 0 Å². The molecule has 1 N–H and O–H groups in total. The van der Waals surface area contributed by atoms with E-state index < -0.39 is 9.05 Å². The van der Waals surface area contributed by atoms with Crippen LogP contribution in [0.3, 0.4) is 0 Å². The average molecular weight is 244 g/mol. The third kappa shape index (κ3) is 2.00. The molecule has 78 valence electrons. The minimum atomic E-state index is -3.77. The van der Waals surface area contributed by atoms with E-state index in [1.165, 1.54) is 12.3 Å². The summed E-state index contributed by atoms with van der Waals surface area (Å²) < 4.78 is 22.5. The lowest BCUT2D eigenvalue weighted by atomic mass is 10.2. The Labute approximate surface area is 90.5 Å². The van der Waals surface area contributed by atoms with E-state index in [1.54, 1.807) is 18.2 Å².